The molecular weight excluding hydrogens is 376 g/mol. The summed E-state index contributed by atoms with van der Waals surface area (Å²) in [6.07, 6.45) is 11.1. The van der Waals surface area contributed by atoms with Crippen molar-refractivity contribution >= 4 is 37.0 Å². The highest BCUT2D eigenvalue weighted by molar-refractivity contribution is 9.11. The molecule has 2 heterocycles. The van der Waals surface area contributed by atoms with Gasteiger partial charge in [-0.25, -0.2) is 17.4 Å². The van der Waals surface area contributed by atoms with Crippen LogP contribution in [0.3, 0.4) is 0 Å². The molecule has 0 radical (unpaired) electrons. The summed E-state index contributed by atoms with van der Waals surface area (Å²) in [6.45, 7) is 1.83. The second kappa shape index (κ2) is 5.05. The van der Waals surface area contributed by atoms with Crippen LogP contribution in [0.4, 0.5) is 0 Å². The topological polar surface area (TPSA) is 52.0 Å². The summed E-state index contributed by atoms with van der Waals surface area (Å²) in [4.78, 5) is 4.27. The Labute approximate surface area is 144 Å². The molecule has 2 aromatic rings. The maximum absolute atomic E-state index is 13.5. The lowest BCUT2D eigenvalue weighted by Crippen LogP contribution is -2.45. The number of rotatable bonds is 3. The minimum absolute atomic E-state index is 0.0203. The first kappa shape index (κ1) is 15.1. The molecule has 120 valence electrons. The summed E-state index contributed by atoms with van der Waals surface area (Å²) in [5, 5.41) is 0.833. The average Bonchev–Trinajstić information content (AvgIpc) is 3.27. The van der Waals surface area contributed by atoms with Crippen LogP contribution in [-0.4, -0.2) is 22.1 Å². The molecule has 0 aromatic carbocycles. The molecule has 2 aliphatic rings. The molecule has 0 aliphatic heterocycles. The van der Waals surface area contributed by atoms with E-state index in [1.807, 2.05) is 37.3 Å². The molecule has 0 amide bonds. The fraction of sp³-hybridized carbons (Fsp3) is 0.353. The Balaban J connectivity index is 1.89. The minimum atomic E-state index is -3.62. The first-order valence-electron chi connectivity index (χ1n) is 7.67. The van der Waals surface area contributed by atoms with Gasteiger partial charge in [0, 0.05) is 28.2 Å². The summed E-state index contributed by atoms with van der Waals surface area (Å²) < 4.78 is 28.3. The molecule has 6 heteroatoms. The van der Waals surface area contributed by atoms with Crippen LogP contribution in [0.2, 0.25) is 0 Å². The van der Waals surface area contributed by atoms with E-state index in [0.717, 1.165) is 22.7 Å². The molecule has 2 aromatic heterocycles. The first-order valence-corrected chi connectivity index (χ1v) is 9.90. The SMILES string of the molecule is CC1(S(=O)(=O)n2ccc3cccnc32)C=CC(Br)=CC1C1CC1. The zero-order valence-electron chi connectivity index (χ0n) is 12.7. The van der Waals surface area contributed by atoms with Gasteiger partial charge in [-0.3, -0.25) is 0 Å². The van der Waals surface area contributed by atoms with E-state index in [1.54, 1.807) is 18.5 Å². The fourth-order valence-corrected chi connectivity index (χ4v) is 5.70. The van der Waals surface area contributed by atoms with Crippen LogP contribution in [0.1, 0.15) is 19.8 Å². The number of allylic oxidation sites excluding steroid dienone is 3. The zero-order chi connectivity index (χ0) is 16.2. The van der Waals surface area contributed by atoms with Gasteiger partial charge in [0.15, 0.2) is 5.65 Å². The van der Waals surface area contributed by atoms with Gasteiger partial charge in [0.1, 0.15) is 4.75 Å². The van der Waals surface area contributed by atoms with Crippen molar-refractivity contribution in [1.29, 1.82) is 0 Å². The van der Waals surface area contributed by atoms with Gasteiger partial charge in [0.05, 0.1) is 0 Å². The first-order chi connectivity index (χ1) is 10.9. The molecule has 0 saturated heterocycles. The summed E-state index contributed by atoms with van der Waals surface area (Å²) in [5.41, 5.74) is 0.491. The number of halogens is 1. The van der Waals surface area contributed by atoms with Crippen LogP contribution in [0.25, 0.3) is 11.0 Å². The van der Waals surface area contributed by atoms with Gasteiger partial charge in [0.25, 0.3) is 0 Å². The number of aromatic nitrogens is 2. The van der Waals surface area contributed by atoms with E-state index in [2.05, 4.69) is 20.9 Å². The van der Waals surface area contributed by atoms with Crippen LogP contribution in [0.5, 0.6) is 0 Å². The third kappa shape index (κ3) is 2.22. The van der Waals surface area contributed by atoms with Gasteiger partial charge in [-0.15, -0.1) is 0 Å². The monoisotopic (exact) mass is 392 g/mol. The fourth-order valence-electron chi connectivity index (χ4n) is 3.41. The van der Waals surface area contributed by atoms with Crippen molar-refractivity contribution in [2.75, 3.05) is 0 Å². The Morgan fingerprint density at radius 3 is 2.87 bits per heavy atom. The third-order valence-corrected chi connectivity index (χ3v) is 7.79. The number of nitrogens with zero attached hydrogens (tertiary/aromatic N) is 2. The maximum atomic E-state index is 13.5. The van der Waals surface area contributed by atoms with Crippen molar-refractivity contribution in [2.24, 2.45) is 11.8 Å². The van der Waals surface area contributed by atoms with Crippen molar-refractivity contribution in [3.8, 4) is 0 Å². The third-order valence-electron chi connectivity index (χ3n) is 4.93. The van der Waals surface area contributed by atoms with Crippen LogP contribution < -0.4 is 0 Å². The number of hydrogen-bond donors (Lipinski definition) is 0. The molecule has 1 fully saturated rings. The Hall–Kier alpha value is -1.40. The molecule has 4 nitrogen and oxygen atoms in total. The summed E-state index contributed by atoms with van der Waals surface area (Å²) in [5.74, 6) is 0.412. The van der Waals surface area contributed by atoms with E-state index in [1.165, 1.54) is 3.97 Å². The predicted octanol–water partition coefficient (Wildman–Crippen LogP) is 3.85. The second-order valence-electron chi connectivity index (χ2n) is 6.46. The van der Waals surface area contributed by atoms with E-state index in [4.69, 9.17) is 0 Å². The normalized spacial score (nSPS) is 28.1. The van der Waals surface area contributed by atoms with E-state index in [9.17, 15) is 8.42 Å². The Bertz CT molecular complexity index is 940. The molecule has 0 spiro atoms. The van der Waals surface area contributed by atoms with E-state index in [0.29, 0.717) is 11.6 Å². The van der Waals surface area contributed by atoms with Crippen LogP contribution in [0.15, 0.2) is 53.3 Å². The van der Waals surface area contributed by atoms with Crippen LogP contribution >= 0.6 is 15.9 Å². The molecule has 0 bridgehead atoms. The molecular formula is C17H17BrN2O2S. The van der Waals surface area contributed by atoms with Gasteiger partial charge >= 0.3 is 0 Å². The van der Waals surface area contributed by atoms with E-state index < -0.39 is 14.8 Å². The van der Waals surface area contributed by atoms with Gasteiger partial charge in [-0.2, -0.15) is 0 Å². The smallest absolute Gasteiger partial charge is 0.237 e. The number of pyridine rings is 1. The Morgan fingerprint density at radius 1 is 1.35 bits per heavy atom. The van der Waals surface area contributed by atoms with Crippen molar-refractivity contribution in [3.05, 3.63) is 53.3 Å². The highest BCUT2D eigenvalue weighted by Gasteiger charge is 2.51. The van der Waals surface area contributed by atoms with Gasteiger partial charge < -0.3 is 0 Å². The van der Waals surface area contributed by atoms with E-state index >= 15 is 0 Å². The van der Waals surface area contributed by atoms with Crippen LogP contribution in [-0.2, 0) is 10.0 Å². The van der Waals surface area contributed by atoms with Crippen molar-refractivity contribution < 1.29 is 8.42 Å². The molecule has 1 saturated carbocycles. The van der Waals surface area contributed by atoms with Gasteiger partial charge in [0.2, 0.25) is 10.0 Å². The minimum Gasteiger partial charge on any atom is -0.237 e. The molecule has 2 unspecified atom stereocenters. The largest absolute Gasteiger partial charge is 0.249 e. The number of fused-ring (bicyclic) bond motifs is 1. The lowest BCUT2D eigenvalue weighted by Gasteiger charge is -2.35. The van der Waals surface area contributed by atoms with Crippen LogP contribution in [0, 0.1) is 11.8 Å². The number of hydrogen-bond acceptors (Lipinski definition) is 3. The zero-order valence-corrected chi connectivity index (χ0v) is 15.1. The second-order valence-corrected chi connectivity index (χ2v) is 9.60. The summed E-state index contributed by atoms with van der Waals surface area (Å²) in [7, 11) is -3.62. The molecule has 2 atom stereocenters. The molecule has 4 rings (SSSR count). The van der Waals surface area contributed by atoms with Crippen molar-refractivity contribution in [1.82, 2.24) is 8.96 Å². The molecule has 23 heavy (non-hydrogen) atoms. The Morgan fingerprint density at radius 2 is 2.13 bits per heavy atom. The van der Waals surface area contributed by atoms with Crippen molar-refractivity contribution in [3.63, 3.8) is 0 Å². The average molecular weight is 393 g/mol. The van der Waals surface area contributed by atoms with Gasteiger partial charge in [-0.05, 0) is 43.9 Å². The lowest BCUT2D eigenvalue weighted by atomic mass is 9.85. The summed E-state index contributed by atoms with van der Waals surface area (Å²) >= 11 is 3.49. The quantitative estimate of drug-likeness (QED) is 0.796. The highest BCUT2D eigenvalue weighted by Crippen LogP contribution is 2.49. The van der Waals surface area contributed by atoms with Gasteiger partial charge in [-0.1, -0.05) is 34.2 Å². The molecule has 2 aliphatic carbocycles. The van der Waals surface area contributed by atoms with E-state index in [-0.39, 0.29) is 5.92 Å². The lowest BCUT2D eigenvalue weighted by molar-refractivity contribution is 0.445. The summed E-state index contributed by atoms with van der Waals surface area (Å²) in [6, 6.07) is 5.49. The highest BCUT2D eigenvalue weighted by atomic mass is 79.9. The Kier molecular flexibility index (Phi) is 3.32. The standard InChI is InChI=1S/C17H17BrN2O2S/c1-17(8-6-14(18)11-15(17)12-4-5-12)23(21,22)20-10-7-13-3-2-9-19-16(13)20/h2-3,6-12,15H,4-5H2,1H3. The van der Waals surface area contributed by atoms with Crippen molar-refractivity contribution in [2.45, 2.75) is 24.5 Å². The maximum Gasteiger partial charge on any atom is 0.249 e. The predicted molar refractivity (Wildman–Crippen MR) is 94.8 cm³/mol. The molecule has 0 N–H and O–H groups in total.